The summed E-state index contributed by atoms with van der Waals surface area (Å²) in [5.74, 6) is -0.196. The molecule has 2 aromatic carbocycles. The molecule has 4 heteroatoms. The Labute approximate surface area is 146 Å². The Bertz CT molecular complexity index is 972. The molecule has 0 spiro atoms. The van der Waals surface area contributed by atoms with Gasteiger partial charge in [-0.25, -0.2) is 0 Å². The first-order valence-corrected chi connectivity index (χ1v) is 8.70. The molecular formula is C21H20N2O2. The van der Waals surface area contributed by atoms with Crippen LogP contribution in [0.4, 0.5) is 0 Å². The van der Waals surface area contributed by atoms with Gasteiger partial charge in [0.05, 0.1) is 0 Å². The first-order chi connectivity index (χ1) is 12.2. The number of aromatic nitrogens is 1. The fraction of sp³-hybridized carbons (Fsp3) is 0.238. The number of carbonyl (C=O) groups excluding carboxylic acids is 1. The molecule has 0 atom stereocenters. The minimum atomic E-state index is -0.196. The maximum atomic E-state index is 12.9. The van der Waals surface area contributed by atoms with Gasteiger partial charge in [0.1, 0.15) is 5.69 Å². The largest absolute Gasteiger partial charge is 0.347 e. The van der Waals surface area contributed by atoms with Crippen LogP contribution in [0, 0.1) is 0 Å². The summed E-state index contributed by atoms with van der Waals surface area (Å²) < 4.78 is 1.70. The molecule has 1 fully saturated rings. The van der Waals surface area contributed by atoms with Crippen LogP contribution in [0.2, 0.25) is 0 Å². The third-order valence-electron chi connectivity index (χ3n) is 4.93. The van der Waals surface area contributed by atoms with Crippen molar-refractivity contribution in [1.82, 2.24) is 9.88 Å². The molecule has 126 valence electrons. The van der Waals surface area contributed by atoms with Crippen molar-refractivity contribution in [2.75, 3.05) is 0 Å². The third-order valence-corrected chi connectivity index (χ3v) is 4.93. The van der Waals surface area contributed by atoms with Crippen LogP contribution < -0.4 is 10.9 Å². The maximum Gasteiger partial charge on any atom is 0.268 e. The topological polar surface area (TPSA) is 51.1 Å². The van der Waals surface area contributed by atoms with Crippen LogP contribution in [-0.4, -0.2) is 10.5 Å². The summed E-state index contributed by atoms with van der Waals surface area (Å²) in [5, 5.41) is 4.44. The van der Waals surface area contributed by atoms with Crippen LogP contribution in [0.1, 0.15) is 41.4 Å². The minimum absolute atomic E-state index is 0.0624. The molecule has 4 rings (SSSR count). The molecular weight excluding hydrogens is 312 g/mol. The molecule has 1 amide bonds. The number of rotatable bonds is 4. The summed E-state index contributed by atoms with van der Waals surface area (Å²) in [5.41, 5.74) is 1.44. The van der Waals surface area contributed by atoms with Crippen molar-refractivity contribution in [2.45, 2.75) is 31.8 Å². The van der Waals surface area contributed by atoms with Crippen LogP contribution in [0.25, 0.3) is 10.8 Å². The monoisotopic (exact) mass is 332 g/mol. The second-order valence-electron chi connectivity index (χ2n) is 6.54. The van der Waals surface area contributed by atoms with Gasteiger partial charge in [0.15, 0.2) is 0 Å². The van der Waals surface area contributed by atoms with Crippen LogP contribution in [-0.2, 0) is 6.54 Å². The number of benzene rings is 2. The molecule has 25 heavy (non-hydrogen) atoms. The Balaban J connectivity index is 1.72. The molecule has 1 aliphatic rings. The predicted molar refractivity (Wildman–Crippen MR) is 98.7 cm³/mol. The molecule has 0 radical (unpaired) electrons. The van der Waals surface area contributed by atoms with E-state index in [4.69, 9.17) is 0 Å². The van der Waals surface area contributed by atoms with E-state index >= 15 is 0 Å². The normalized spacial score (nSPS) is 14.2. The van der Waals surface area contributed by atoms with E-state index in [0.29, 0.717) is 17.6 Å². The molecule has 1 saturated carbocycles. The Kier molecular flexibility index (Phi) is 4.10. The van der Waals surface area contributed by atoms with Gasteiger partial charge in [0.2, 0.25) is 0 Å². The fourth-order valence-corrected chi connectivity index (χ4v) is 3.32. The summed E-state index contributed by atoms with van der Waals surface area (Å²) in [7, 11) is 0. The molecule has 4 nitrogen and oxygen atoms in total. The lowest BCUT2D eigenvalue weighted by molar-refractivity contribution is 0.0934. The van der Waals surface area contributed by atoms with Gasteiger partial charge in [-0.15, -0.1) is 0 Å². The summed E-state index contributed by atoms with van der Waals surface area (Å²) in [4.78, 5) is 25.8. The van der Waals surface area contributed by atoms with Crippen molar-refractivity contribution in [2.24, 2.45) is 0 Å². The lowest BCUT2D eigenvalue weighted by Crippen LogP contribution is -2.36. The molecule has 1 aromatic heterocycles. The first-order valence-electron chi connectivity index (χ1n) is 8.70. The zero-order chi connectivity index (χ0) is 17.2. The van der Waals surface area contributed by atoms with Gasteiger partial charge < -0.3 is 9.88 Å². The number of nitrogens with zero attached hydrogens (tertiary/aromatic N) is 1. The SMILES string of the molecule is O=C(NCc1ccccc1)c1cc2ccccc2c(=O)n1C1CCC1. The highest BCUT2D eigenvalue weighted by Crippen LogP contribution is 2.32. The Morgan fingerprint density at radius 3 is 2.48 bits per heavy atom. The van der Waals surface area contributed by atoms with E-state index in [1.807, 2.05) is 60.7 Å². The van der Waals surface area contributed by atoms with Crippen LogP contribution in [0.15, 0.2) is 65.5 Å². The lowest BCUT2D eigenvalue weighted by atomic mass is 9.92. The molecule has 0 saturated heterocycles. The third kappa shape index (κ3) is 2.95. The van der Waals surface area contributed by atoms with Crippen LogP contribution >= 0.6 is 0 Å². The number of hydrogen-bond acceptors (Lipinski definition) is 2. The number of carbonyl (C=O) groups is 1. The van der Waals surface area contributed by atoms with Crippen molar-refractivity contribution < 1.29 is 4.79 Å². The van der Waals surface area contributed by atoms with Crippen molar-refractivity contribution in [3.8, 4) is 0 Å². The van der Waals surface area contributed by atoms with Gasteiger partial charge in [-0.3, -0.25) is 9.59 Å². The number of hydrogen-bond donors (Lipinski definition) is 1. The molecule has 1 N–H and O–H groups in total. The molecule has 3 aromatic rings. The van der Waals surface area contributed by atoms with E-state index < -0.39 is 0 Å². The molecule has 1 aliphatic carbocycles. The fourth-order valence-electron chi connectivity index (χ4n) is 3.32. The van der Waals surface area contributed by atoms with Crippen molar-refractivity contribution in [1.29, 1.82) is 0 Å². The zero-order valence-electron chi connectivity index (χ0n) is 13.9. The number of amides is 1. The van der Waals surface area contributed by atoms with E-state index in [0.717, 1.165) is 30.2 Å². The van der Waals surface area contributed by atoms with Crippen molar-refractivity contribution in [3.05, 3.63) is 82.3 Å². The van der Waals surface area contributed by atoms with Gasteiger partial charge in [-0.2, -0.15) is 0 Å². The highest BCUT2D eigenvalue weighted by Gasteiger charge is 2.26. The minimum Gasteiger partial charge on any atom is -0.347 e. The van der Waals surface area contributed by atoms with Crippen molar-refractivity contribution in [3.63, 3.8) is 0 Å². The Morgan fingerprint density at radius 2 is 1.76 bits per heavy atom. The average Bonchev–Trinajstić information content (AvgIpc) is 2.61. The second kappa shape index (κ2) is 6.55. The van der Waals surface area contributed by atoms with Gasteiger partial charge >= 0.3 is 0 Å². The Hall–Kier alpha value is -2.88. The van der Waals surface area contributed by atoms with Crippen molar-refractivity contribution >= 4 is 16.7 Å². The predicted octanol–water partition coefficient (Wildman–Crippen LogP) is 3.66. The zero-order valence-corrected chi connectivity index (χ0v) is 13.9. The molecule has 1 heterocycles. The first kappa shape index (κ1) is 15.6. The smallest absolute Gasteiger partial charge is 0.268 e. The molecule has 0 bridgehead atoms. The van der Waals surface area contributed by atoms with Crippen LogP contribution in [0.3, 0.4) is 0 Å². The van der Waals surface area contributed by atoms with E-state index in [2.05, 4.69) is 5.32 Å². The van der Waals surface area contributed by atoms with E-state index in [9.17, 15) is 9.59 Å². The average molecular weight is 332 g/mol. The standard InChI is InChI=1S/C21H20N2O2/c24-20(22-14-15-7-2-1-3-8-15)19-13-16-9-4-5-12-18(16)21(25)23(19)17-10-6-11-17/h1-5,7-9,12-13,17H,6,10-11,14H2,(H,22,24). The van der Waals surface area contributed by atoms with E-state index in [1.54, 1.807) is 4.57 Å². The van der Waals surface area contributed by atoms with Crippen LogP contribution in [0.5, 0.6) is 0 Å². The number of nitrogens with one attached hydrogen (secondary N) is 1. The summed E-state index contributed by atoms with van der Waals surface area (Å²) in [6.07, 6.45) is 3.02. The molecule has 0 unspecified atom stereocenters. The molecule has 0 aliphatic heterocycles. The highest BCUT2D eigenvalue weighted by molar-refractivity contribution is 5.96. The van der Waals surface area contributed by atoms with Gasteiger partial charge in [-0.05, 0) is 42.3 Å². The van der Waals surface area contributed by atoms with Gasteiger partial charge in [0, 0.05) is 18.0 Å². The maximum absolute atomic E-state index is 12.9. The second-order valence-corrected chi connectivity index (χ2v) is 6.54. The van der Waals surface area contributed by atoms with Gasteiger partial charge in [0.25, 0.3) is 11.5 Å². The summed E-state index contributed by atoms with van der Waals surface area (Å²) in [6.45, 7) is 0.450. The number of fused-ring (bicyclic) bond motifs is 1. The quantitative estimate of drug-likeness (QED) is 0.793. The Morgan fingerprint density at radius 1 is 1.04 bits per heavy atom. The lowest BCUT2D eigenvalue weighted by Gasteiger charge is -2.30. The summed E-state index contributed by atoms with van der Waals surface area (Å²) >= 11 is 0. The summed E-state index contributed by atoms with van der Waals surface area (Å²) in [6, 6.07) is 19.2. The van der Waals surface area contributed by atoms with E-state index in [1.165, 1.54) is 0 Å². The highest BCUT2D eigenvalue weighted by atomic mass is 16.2. The van der Waals surface area contributed by atoms with E-state index in [-0.39, 0.29) is 17.5 Å². The number of pyridine rings is 1. The van der Waals surface area contributed by atoms with Gasteiger partial charge in [-0.1, -0.05) is 48.5 Å².